The number of rotatable bonds is 2. The molecule has 3 atom stereocenters. The van der Waals surface area contributed by atoms with E-state index >= 15 is 0 Å². The molecule has 0 aromatic heterocycles. The fraction of sp³-hybridized carbons (Fsp3) is 0.500. The zero-order valence-corrected chi connectivity index (χ0v) is 11.0. The van der Waals surface area contributed by atoms with E-state index < -0.39 is 0 Å². The second-order valence-electron chi connectivity index (χ2n) is 4.96. The Balaban J connectivity index is 2.63. The lowest BCUT2D eigenvalue weighted by Gasteiger charge is -2.41. The third-order valence-electron chi connectivity index (χ3n) is 4.22. The smallest absolute Gasteiger partial charge is 0.123 e. The summed E-state index contributed by atoms with van der Waals surface area (Å²) >= 11 is 0. The third-order valence-corrected chi connectivity index (χ3v) is 4.22. The predicted octanol–water partition coefficient (Wildman–Crippen LogP) is 1.98. The molecule has 1 heterocycles. The van der Waals surface area contributed by atoms with Crippen LogP contribution in [0.4, 0.5) is 0 Å². The van der Waals surface area contributed by atoms with E-state index in [-0.39, 0.29) is 11.6 Å². The lowest BCUT2D eigenvalue weighted by molar-refractivity contribution is 0.434. The number of hydrogen-bond donors (Lipinski definition) is 2. The fourth-order valence-electron chi connectivity index (χ4n) is 2.67. The van der Waals surface area contributed by atoms with Crippen LogP contribution in [-0.4, -0.2) is 18.8 Å². The molecule has 0 saturated carbocycles. The minimum absolute atomic E-state index is 0.0821. The van der Waals surface area contributed by atoms with Crippen LogP contribution in [0.3, 0.4) is 0 Å². The van der Waals surface area contributed by atoms with Crippen molar-refractivity contribution in [2.45, 2.75) is 38.4 Å². The second-order valence-corrected chi connectivity index (χ2v) is 4.96. The maximum atomic E-state index is 6.09. The molecule has 0 spiro atoms. The Bertz CT molecular complexity index is 453. The quantitative estimate of drug-likeness (QED) is 0.817. The van der Waals surface area contributed by atoms with Gasteiger partial charge in [0.2, 0.25) is 0 Å². The van der Waals surface area contributed by atoms with E-state index in [4.69, 9.17) is 5.73 Å². The molecule has 0 bridgehead atoms. The van der Waals surface area contributed by atoms with E-state index in [0.717, 1.165) is 11.3 Å². The highest BCUT2D eigenvalue weighted by Gasteiger charge is 2.40. The van der Waals surface area contributed by atoms with Crippen molar-refractivity contribution in [3.05, 3.63) is 35.4 Å². The molecule has 0 fully saturated rings. The Hall–Kier alpha value is -1.19. The molecule has 2 rings (SSSR count). The minimum Gasteiger partial charge on any atom is -0.316 e. The number of nitrogens with two attached hydrogens (primary N) is 1. The summed E-state index contributed by atoms with van der Waals surface area (Å²) in [6, 6.07) is 8.67. The first-order valence-corrected chi connectivity index (χ1v) is 6.09. The number of benzene rings is 1. The summed E-state index contributed by atoms with van der Waals surface area (Å²) in [4.78, 5) is 4.60. The molecule has 1 aromatic carbocycles. The number of fused-ring (bicyclic) bond motifs is 1. The van der Waals surface area contributed by atoms with Crippen molar-refractivity contribution >= 4 is 5.71 Å². The van der Waals surface area contributed by atoms with Gasteiger partial charge in [0.25, 0.3) is 0 Å². The Morgan fingerprint density at radius 2 is 2.06 bits per heavy atom. The molecule has 1 aliphatic rings. The maximum Gasteiger partial charge on any atom is 0.123 e. The zero-order valence-electron chi connectivity index (χ0n) is 11.0. The summed E-state index contributed by atoms with van der Waals surface area (Å²) in [5.41, 5.74) is 9.55. The minimum atomic E-state index is -0.219. The number of hydrogen-bond acceptors (Lipinski definition) is 3. The molecule has 92 valence electrons. The third kappa shape index (κ3) is 1.70. The molecule has 3 heteroatoms. The van der Waals surface area contributed by atoms with E-state index in [1.54, 1.807) is 0 Å². The summed E-state index contributed by atoms with van der Waals surface area (Å²) < 4.78 is 0. The lowest BCUT2D eigenvalue weighted by Crippen LogP contribution is -2.50. The SMILES string of the molecule is CNC(C)C1(C)C(C)=NC(N)c2ccccc21. The van der Waals surface area contributed by atoms with Crippen LogP contribution in [0.5, 0.6) is 0 Å². The van der Waals surface area contributed by atoms with Crippen molar-refractivity contribution in [2.75, 3.05) is 7.05 Å². The normalized spacial score (nSPS) is 29.5. The predicted molar refractivity (Wildman–Crippen MR) is 72.4 cm³/mol. The van der Waals surface area contributed by atoms with Crippen molar-refractivity contribution in [1.29, 1.82) is 0 Å². The molecule has 0 aliphatic carbocycles. The summed E-state index contributed by atoms with van der Waals surface area (Å²) in [7, 11) is 1.99. The first-order valence-electron chi connectivity index (χ1n) is 6.09. The average Bonchev–Trinajstić information content (AvgIpc) is 2.35. The van der Waals surface area contributed by atoms with Crippen LogP contribution < -0.4 is 11.1 Å². The molecule has 3 nitrogen and oxygen atoms in total. The molecule has 0 radical (unpaired) electrons. The van der Waals surface area contributed by atoms with Gasteiger partial charge >= 0.3 is 0 Å². The van der Waals surface area contributed by atoms with Crippen molar-refractivity contribution in [3.63, 3.8) is 0 Å². The van der Waals surface area contributed by atoms with E-state index in [1.165, 1.54) is 5.56 Å². The molecule has 1 aromatic rings. The van der Waals surface area contributed by atoms with Crippen LogP contribution in [-0.2, 0) is 5.41 Å². The van der Waals surface area contributed by atoms with Crippen LogP contribution in [0.15, 0.2) is 29.3 Å². The van der Waals surface area contributed by atoms with Gasteiger partial charge < -0.3 is 11.1 Å². The van der Waals surface area contributed by atoms with E-state index in [0.29, 0.717) is 6.04 Å². The molecule has 0 amide bonds. The van der Waals surface area contributed by atoms with Gasteiger partial charge in [-0.2, -0.15) is 0 Å². The monoisotopic (exact) mass is 231 g/mol. The van der Waals surface area contributed by atoms with Gasteiger partial charge in [-0.15, -0.1) is 0 Å². The maximum absolute atomic E-state index is 6.09. The lowest BCUT2D eigenvalue weighted by atomic mass is 9.69. The van der Waals surface area contributed by atoms with Crippen molar-refractivity contribution in [1.82, 2.24) is 5.32 Å². The van der Waals surface area contributed by atoms with Crippen molar-refractivity contribution in [3.8, 4) is 0 Å². The number of aliphatic imine (C=N–C) groups is 1. The zero-order chi connectivity index (χ0) is 12.6. The molecule has 0 saturated heterocycles. The van der Waals surface area contributed by atoms with E-state index in [9.17, 15) is 0 Å². The molecule has 1 aliphatic heterocycles. The second kappa shape index (κ2) is 4.24. The highest BCUT2D eigenvalue weighted by molar-refractivity contribution is 5.95. The van der Waals surface area contributed by atoms with Gasteiger partial charge in [0.15, 0.2) is 0 Å². The van der Waals surface area contributed by atoms with Gasteiger partial charge in [0, 0.05) is 17.2 Å². The number of nitrogens with one attached hydrogen (secondary N) is 1. The topological polar surface area (TPSA) is 50.4 Å². The highest BCUT2D eigenvalue weighted by atomic mass is 15.0. The van der Waals surface area contributed by atoms with Crippen LogP contribution in [0.1, 0.15) is 38.1 Å². The first-order chi connectivity index (χ1) is 8.01. The standard InChI is InChI=1S/C14H21N3/c1-9(16-4)14(3)10(2)17-13(15)11-7-5-6-8-12(11)14/h5-9,13,16H,15H2,1-4H3. The van der Waals surface area contributed by atoms with Gasteiger partial charge in [0.05, 0.1) is 0 Å². The molecular formula is C14H21N3. The van der Waals surface area contributed by atoms with Gasteiger partial charge in [-0.3, -0.25) is 4.99 Å². The Morgan fingerprint density at radius 1 is 1.41 bits per heavy atom. The summed E-state index contributed by atoms with van der Waals surface area (Å²) in [5, 5.41) is 3.34. The summed E-state index contributed by atoms with van der Waals surface area (Å²) in [6.45, 7) is 6.49. The Kier molecular flexibility index (Phi) is 3.06. The largest absolute Gasteiger partial charge is 0.316 e. The molecule has 3 N–H and O–H groups in total. The van der Waals surface area contributed by atoms with Gasteiger partial charge in [-0.25, -0.2) is 0 Å². The van der Waals surface area contributed by atoms with E-state index in [1.807, 2.05) is 13.1 Å². The van der Waals surface area contributed by atoms with Crippen molar-refractivity contribution < 1.29 is 0 Å². The summed E-state index contributed by atoms with van der Waals surface area (Å²) in [6.07, 6.45) is -0.219. The molecule has 17 heavy (non-hydrogen) atoms. The average molecular weight is 231 g/mol. The Labute approximate surface area is 103 Å². The van der Waals surface area contributed by atoms with Crippen LogP contribution >= 0.6 is 0 Å². The van der Waals surface area contributed by atoms with Crippen LogP contribution in [0.2, 0.25) is 0 Å². The van der Waals surface area contributed by atoms with Crippen molar-refractivity contribution in [2.24, 2.45) is 10.7 Å². The van der Waals surface area contributed by atoms with Crippen LogP contribution in [0, 0.1) is 0 Å². The first kappa shape index (κ1) is 12.3. The van der Waals surface area contributed by atoms with Gasteiger partial charge in [-0.1, -0.05) is 24.3 Å². The number of nitrogens with zero attached hydrogens (tertiary/aromatic N) is 1. The number of likely N-dealkylation sites (N-methyl/N-ethyl adjacent to an activating group) is 1. The van der Waals surface area contributed by atoms with E-state index in [2.05, 4.69) is 49.3 Å². The van der Waals surface area contributed by atoms with Gasteiger partial charge in [-0.05, 0) is 38.9 Å². The van der Waals surface area contributed by atoms with Crippen LogP contribution in [0.25, 0.3) is 0 Å². The van der Waals surface area contributed by atoms with Gasteiger partial charge in [0.1, 0.15) is 6.17 Å². The molecule has 3 unspecified atom stereocenters. The fourth-order valence-corrected chi connectivity index (χ4v) is 2.67. The summed E-state index contributed by atoms with van der Waals surface area (Å²) in [5.74, 6) is 0. The highest BCUT2D eigenvalue weighted by Crippen LogP contribution is 2.38. The molecular weight excluding hydrogens is 210 g/mol. The Morgan fingerprint density at radius 3 is 2.71 bits per heavy atom.